The molecule has 7 heteroatoms. The van der Waals surface area contributed by atoms with Crippen LogP contribution < -0.4 is 16.0 Å². The molecule has 0 aliphatic heterocycles. The number of benzene rings is 1. The molecule has 1 aromatic heterocycles. The number of pyridine rings is 1. The molecule has 0 aliphatic rings. The van der Waals surface area contributed by atoms with Gasteiger partial charge in [0.2, 0.25) is 5.91 Å². The SMILES string of the molecule is CC(N)C(C)C(=O)NCc1cc(N(C)C)nc2ccccc12.Cl.Cl. The second-order valence-electron chi connectivity index (χ2n) is 5.92. The first-order valence-corrected chi connectivity index (χ1v) is 7.49. The molecule has 1 aromatic carbocycles. The van der Waals surface area contributed by atoms with E-state index in [0.29, 0.717) is 6.54 Å². The normalized spacial score (nSPS) is 12.5. The van der Waals surface area contributed by atoms with Gasteiger partial charge in [0, 0.05) is 38.0 Å². The van der Waals surface area contributed by atoms with Gasteiger partial charge in [-0.3, -0.25) is 4.79 Å². The number of para-hydroxylation sites is 1. The molecular weight excluding hydrogens is 347 g/mol. The van der Waals surface area contributed by atoms with E-state index in [1.807, 2.05) is 63.2 Å². The summed E-state index contributed by atoms with van der Waals surface area (Å²) in [5, 5.41) is 4.03. The Morgan fingerprint density at radius 2 is 1.88 bits per heavy atom. The van der Waals surface area contributed by atoms with Gasteiger partial charge in [-0.05, 0) is 24.6 Å². The number of hydrogen-bond acceptors (Lipinski definition) is 4. The van der Waals surface area contributed by atoms with Crippen molar-refractivity contribution in [2.75, 3.05) is 19.0 Å². The second-order valence-corrected chi connectivity index (χ2v) is 5.92. The fourth-order valence-electron chi connectivity index (χ4n) is 2.19. The number of rotatable bonds is 5. The first-order valence-electron chi connectivity index (χ1n) is 7.49. The summed E-state index contributed by atoms with van der Waals surface area (Å²) in [6.45, 7) is 4.16. The molecule has 24 heavy (non-hydrogen) atoms. The van der Waals surface area contributed by atoms with E-state index < -0.39 is 0 Å². The molecule has 0 aliphatic carbocycles. The minimum atomic E-state index is -0.207. The van der Waals surface area contributed by atoms with Gasteiger partial charge in [-0.25, -0.2) is 4.98 Å². The van der Waals surface area contributed by atoms with Crippen molar-refractivity contribution in [3.05, 3.63) is 35.9 Å². The number of amides is 1. The van der Waals surface area contributed by atoms with Crippen LogP contribution in [0.3, 0.4) is 0 Å². The Balaban J connectivity index is 0.00000264. The van der Waals surface area contributed by atoms with E-state index in [1.165, 1.54) is 0 Å². The number of carbonyl (C=O) groups is 1. The van der Waals surface area contributed by atoms with Crippen LogP contribution in [0, 0.1) is 5.92 Å². The van der Waals surface area contributed by atoms with Crippen molar-refractivity contribution in [2.45, 2.75) is 26.4 Å². The van der Waals surface area contributed by atoms with E-state index in [4.69, 9.17) is 5.73 Å². The molecule has 134 valence electrons. The topological polar surface area (TPSA) is 71.2 Å². The van der Waals surface area contributed by atoms with Gasteiger partial charge in [0.25, 0.3) is 0 Å². The maximum atomic E-state index is 12.1. The van der Waals surface area contributed by atoms with Crippen LogP contribution in [0.25, 0.3) is 10.9 Å². The Morgan fingerprint density at radius 3 is 2.46 bits per heavy atom. The fourth-order valence-corrected chi connectivity index (χ4v) is 2.19. The molecule has 0 spiro atoms. The molecule has 3 N–H and O–H groups in total. The summed E-state index contributed by atoms with van der Waals surface area (Å²) in [6, 6.07) is 9.81. The summed E-state index contributed by atoms with van der Waals surface area (Å²) in [6.07, 6.45) is 0. The van der Waals surface area contributed by atoms with Crippen LogP contribution in [0.5, 0.6) is 0 Å². The Bertz CT molecular complexity index is 677. The number of anilines is 1. The third-order valence-electron chi connectivity index (χ3n) is 3.90. The number of fused-ring (bicyclic) bond motifs is 1. The summed E-state index contributed by atoms with van der Waals surface area (Å²) in [7, 11) is 3.91. The molecule has 1 heterocycles. The van der Waals surface area contributed by atoms with Crippen molar-refractivity contribution in [3.63, 3.8) is 0 Å². The van der Waals surface area contributed by atoms with Crippen LogP contribution in [-0.2, 0) is 11.3 Å². The maximum absolute atomic E-state index is 12.1. The minimum Gasteiger partial charge on any atom is -0.363 e. The quantitative estimate of drug-likeness (QED) is 0.846. The Morgan fingerprint density at radius 1 is 1.25 bits per heavy atom. The number of nitrogens with two attached hydrogens (primary N) is 1. The highest BCUT2D eigenvalue weighted by Gasteiger charge is 2.17. The zero-order valence-electron chi connectivity index (χ0n) is 14.4. The van der Waals surface area contributed by atoms with Gasteiger partial charge in [0.15, 0.2) is 0 Å². The Hall–Kier alpha value is -1.56. The molecule has 5 nitrogen and oxygen atoms in total. The number of nitrogens with one attached hydrogen (secondary N) is 1. The largest absolute Gasteiger partial charge is 0.363 e. The number of carbonyl (C=O) groups excluding carboxylic acids is 1. The Labute approximate surface area is 155 Å². The van der Waals surface area contributed by atoms with Gasteiger partial charge in [-0.1, -0.05) is 25.1 Å². The van der Waals surface area contributed by atoms with Gasteiger partial charge in [-0.15, -0.1) is 24.8 Å². The smallest absolute Gasteiger partial charge is 0.224 e. The lowest BCUT2D eigenvalue weighted by molar-refractivity contribution is -0.125. The molecule has 0 radical (unpaired) electrons. The minimum absolute atomic E-state index is 0. The van der Waals surface area contributed by atoms with Crippen molar-refractivity contribution >= 4 is 47.4 Å². The van der Waals surface area contributed by atoms with Crippen molar-refractivity contribution < 1.29 is 4.79 Å². The molecule has 0 fully saturated rings. The third kappa shape index (κ3) is 5.23. The van der Waals surface area contributed by atoms with Crippen molar-refractivity contribution in [1.29, 1.82) is 0 Å². The average molecular weight is 373 g/mol. The van der Waals surface area contributed by atoms with Crippen molar-refractivity contribution in [2.24, 2.45) is 11.7 Å². The third-order valence-corrected chi connectivity index (χ3v) is 3.90. The van der Waals surface area contributed by atoms with Crippen LogP contribution in [0.15, 0.2) is 30.3 Å². The predicted molar refractivity (Wildman–Crippen MR) is 105 cm³/mol. The predicted octanol–water partition coefficient (Wildman–Crippen LogP) is 2.74. The molecule has 0 bridgehead atoms. The average Bonchev–Trinajstić information content (AvgIpc) is 2.50. The van der Waals surface area contributed by atoms with Crippen LogP contribution >= 0.6 is 24.8 Å². The number of nitrogens with zero attached hydrogens (tertiary/aromatic N) is 2. The van der Waals surface area contributed by atoms with Gasteiger partial charge < -0.3 is 16.0 Å². The molecule has 1 amide bonds. The summed E-state index contributed by atoms with van der Waals surface area (Å²) in [4.78, 5) is 18.7. The zero-order valence-corrected chi connectivity index (χ0v) is 16.1. The number of halogens is 2. The Kier molecular flexibility index (Phi) is 9.04. The van der Waals surface area contributed by atoms with Crippen molar-refractivity contribution in [1.82, 2.24) is 10.3 Å². The van der Waals surface area contributed by atoms with Gasteiger partial charge in [-0.2, -0.15) is 0 Å². The van der Waals surface area contributed by atoms with Crippen molar-refractivity contribution in [3.8, 4) is 0 Å². The highest BCUT2D eigenvalue weighted by molar-refractivity contribution is 5.86. The number of aromatic nitrogens is 1. The van der Waals surface area contributed by atoms with Gasteiger partial charge >= 0.3 is 0 Å². The summed E-state index contributed by atoms with van der Waals surface area (Å²) in [5.74, 6) is 0.645. The van der Waals surface area contributed by atoms with E-state index in [1.54, 1.807) is 0 Å². The molecule has 0 saturated heterocycles. The monoisotopic (exact) mass is 372 g/mol. The second kappa shape index (κ2) is 9.67. The summed E-state index contributed by atoms with van der Waals surface area (Å²) in [5.41, 5.74) is 7.77. The van der Waals surface area contributed by atoms with Crippen LogP contribution in [0.1, 0.15) is 19.4 Å². The van der Waals surface area contributed by atoms with E-state index in [2.05, 4.69) is 10.3 Å². The van der Waals surface area contributed by atoms with Crippen LogP contribution in [-0.4, -0.2) is 31.0 Å². The molecular formula is C17H26Cl2N4O. The first kappa shape index (κ1) is 22.4. The summed E-state index contributed by atoms with van der Waals surface area (Å²) >= 11 is 0. The van der Waals surface area contributed by atoms with E-state index >= 15 is 0 Å². The number of hydrogen-bond donors (Lipinski definition) is 2. The van der Waals surface area contributed by atoms with Crippen LogP contribution in [0.4, 0.5) is 5.82 Å². The maximum Gasteiger partial charge on any atom is 0.224 e. The highest BCUT2D eigenvalue weighted by atomic mass is 35.5. The molecule has 2 rings (SSSR count). The van der Waals surface area contributed by atoms with Gasteiger partial charge in [0.1, 0.15) is 5.82 Å². The first-order chi connectivity index (χ1) is 10.4. The summed E-state index contributed by atoms with van der Waals surface area (Å²) < 4.78 is 0. The molecule has 0 saturated carbocycles. The van der Waals surface area contributed by atoms with E-state index in [-0.39, 0.29) is 42.7 Å². The van der Waals surface area contributed by atoms with Crippen LogP contribution in [0.2, 0.25) is 0 Å². The standard InChI is InChI=1S/C17H24N4O.2ClH/c1-11(12(2)18)17(22)19-10-13-9-16(21(3)4)20-15-8-6-5-7-14(13)15;;/h5-9,11-12H,10,18H2,1-4H3,(H,19,22);2*1H. The lowest BCUT2D eigenvalue weighted by Gasteiger charge is -2.18. The fraction of sp³-hybridized carbons (Fsp3) is 0.412. The van der Waals surface area contributed by atoms with E-state index in [0.717, 1.165) is 22.3 Å². The zero-order chi connectivity index (χ0) is 16.3. The lowest BCUT2D eigenvalue weighted by atomic mass is 10.0. The van der Waals surface area contributed by atoms with Gasteiger partial charge in [0.05, 0.1) is 5.52 Å². The highest BCUT2D eigenvalue weighted by Crippen LogP contribution is 2.22. The molecule has 2 aromatic rings. The molecule has 2 atom stereocenters. The molecule has 2 unspecified atom stereocenters. The van der Waals surface area contributed by atoms with E-state index in [9.17, 15) is 4.79 Å². The lowest BCUT2D eigenvalue weighted by Crippen LogP contribution is -2.38.